The number of alkyl halides is 1. The maximum absolute atomic E-state index is 13.5. The first-order valence-corrected chi connectivity index (χ1v) is 6.22. The molecular formula is C14H10Cl2F2. The van der Waals surface area contributed by atoms with Gasteiger partial charge in [-0.05, 0) is 30.2 Å². The quantitative estimate of drug-likeness (QED) is 0.685. The summed E-state index contributed by atoms with van der Waals surface area (Å²) < 4.78 is 27.0. The van der Waals surface area contributed by atoms with Gasteiger partial charge in [-0.2, -0.15) is 0 Å². The van der Waals surface area contributed by atoms with E-state index in [1.54, 1.807) is 24.3 Å². The molecule has 0 fully saturated rings. The van der Waals surface area contributed by atoms with Crippen molar-refractivity contribution in [1.82, 2.24) is 0 Å². The fourth-order valence-corrected chi connectivity index (χ4v) is 2.41. The number of hydrogen-bond donors (Lipinski definition) is 0. The van der Waals surface area contributed by atoms with Gasteiger partial charge in [0.15, 0.2) is 0 Å². The molecule has 0 aromatic heterocycles. The topological polar surface area (TPSA) is 0 Å². The summed E-state index contributed by atoms with van der Waals surface area (Å²) in [5.74, 6) is -1.18. The van der Waals surface area contributed by atoms with E-state index in [1.165, 1.54) is 18.2 Å². The molecule has 4 heteroatoms. The van der Waals surface area contributed by atoms with Crippen LogP contribution in [0.5, 0.6) is 0 Å². The van der Waals surface area contributed by atoms with E-state index in [9.17, 15) is 8.78 Å². The average Bonchev–Trinajstić information content (AvgIpc) is 2.34. The minimum Gasteiger partial charge on any atom is -0.207 e. The molecule has 94 valence electrons. The summed E-state index contributed by atoms with van der Waals surface area (Å²) in [5, 5.41) is -0.0700. The van der Waals surface area contributed by atoms with Crippen molar-refractivity contribution < 1.29 is 8.78 Å². The second-order valence-electron chi connectivity index (χ2n) is 3.89. The predicted molar refractivity (Wildman–Crippen MR) is 70.1 cm³/mol. The molecule has 0 N–H and O–H groups in total. The lowest BCUT2D eigenvalue weighted by atomic mass is 10.0. The Morgan fingerprint density at radius 1 is 0.944 bits per heavy atom. The van der Waals surface area contributed by atoms with Crippen molar-refractivity contribution in [2.45, 2.75) is 11.8 Å². The number of halogens is 4. The summed E-state index contributed by atoms with van der Waals surface area (Å²) in [5.41, 5.74) is 0.654. The van der Waals surface area contributed by atoms with E-state index in [4.69, 9.17) is 23.2 Å². The molecule has 0 nitrogen and oxygen atoms in total. The van der Waals surface area contributed by atoms with Crippen LogP contribution in [0.25, 0.3) is 0 Å². The van der Waals surface area contributed by atoms with Crippen molar-refractivity contribution in [3.05, 3.63) is 70.2 Å². The highest BCUT2D eigenvalue weighted by Crippen LogP contribution is 2.31. The van der Waals surface area contributed by atoms with E-state index in [2.05, 4.69) is 0 Å². The lowest BCUT2D eigenvalue weighted by molar-refractivity contribution is 0.553. The van der Waals surface area contributed by atoms with Crippen LogP contribution in [-0.4, -0.2) is 0 Å². The molecule has 0 radical (unpaired) electrons. The van der Waals surface area contributed by atoms with Gasteiger partial charge in [-0.15, -0.1) is 11.6 Å². The lowest BCUT2D eigenvalue weighted by Crippen LogP contribution is -2.02. The fraction of sp³-hybridized carbons (Fsp3) is 0.143. The van der Waals surface area contributed by atoms with Crippen LogP contribution in [0.15, 0.2) is 42.5 Å². The Hall–Kier alpha value is -1.12. The fourth-order valence-electron chi connectivity index (χ4n) is 1.75. The van der Waals surface area contributed by atoms with E-state index >= 15 is 0 Å². The molecule has 0 heterocycles. The van der Waals surface area contributed by atoms with Crippen LogP contribution in [0.2, 0.25) is 5.02 Å². The Bertz CT molecular complexity index is 535. The molecular weight excluding hydrogens is 277 g/mol. The van der Waals surface area contributed by atoms with Crippen molar-refractivity contribution in [3.63, 3.8) is 0 Å². The standard InChI is InChI=1S/C14H10Cl2F2/c15-11-5-2-1-4-9(11)12(16)8-10-13(17)6-3-7-14(10)18/h1-7,12H,8H2. The van der Waals surface area contributed by atoms with Gasteiger partial charge >= 0.3 is 0 Å². The third kappa shape index (κ3) is 2.82. The smallest absolute Gasteiger partial charge is 0.129 e. The number of benzene rings is 2. The number of hydrogen-bond acceptors (Lipinski definition) is 0. The Morgan fingerprint density at radius 3 is 2.17 bits per heavy atom. The largest absolute Gasteiger partial charge is 0.207 e. The van der Waals surface area contributed by atoms with Crippen LogP contribution < -0.4 is 0 Å². The molecule has 2 aromatic carbocycles. The van der Waals surface area contributed by atoms with E-state index < -0.39 is 17.0 Å². The Balaban J connectivity index is 2.27. The van der Waals surface area contributed by atoms with Crippen LogP contribution in [0.4, 0.5) is 8.78 Å². The zero-order chi connectivity index (χ0) is 13.1. The van der Waals surface area contributed by atoms with Crippen LogP contribution in [0.3, 0.4) is 0 Å². The second-order valence-corrected chi connectivity index (χ2v) is 4.83. The molecule has 2 rings (SSSR count). The molecule has 0 saturated heterocycles. The highest BCUT2D eigenvalue weighted by molar-refractivity contribution is 6.32. The average molecular weight is 287 g/mol. The van der Waals surface area contributed by atoms with Gasteiger partial charge in [-0.25, -0.2) is 8.78 Å². The SMILES string of the molecule is Fc1cccc(F)c1CC(Cl)c1ccccc1Cl. The highest BCUT2D eigenvalue weighted by Gasteiger charge is 2.17. The van der Waals surface area contributed by atoms with Crippen molar-refractivity contribution in [2.24, 2.45) is 0 Å². The summed E-state index contributed by atoms with van der Waals surface area (Å²) in [7, 11) is 0. The summed E-state index contributed by atoms with van der Waals surface area (Å²) in [6.07, 6.45) is 0.0593. The first-order valence-electron chi connectivity index (χ1n) is 5.41. The molecule has 0 amide bonds. The molecule has 1 atom stereocenters. The molecule has 0 bridgehead atoms. The van der Waals surface area contributed by atoms with Gasteiger partial charge in [0.1, 0.15) is 11.6 Å². The third-order valence-electron chi connectivity index (χ3n) is 2.69. The maximum atomic E-state index is 13.5. The van der Waals surface area contributed by atoms with E-state index in [1.807, 2.05) is 0 Å². The van der Waals surface area contributed by atoms with Crippen LogP contribution in [0, 0.1) is 11.6 Å². The molecule has 0 aliphatic carbocycles. The minimum atomic E-state index is -0.590. The summed E-state index contributed by atoms with van der Waals surface area (Å²) >= 11 is 12.2. The van der Waals surface area contributed by atoms with Crippen molar-refractivity contribution >= 4 is 23.2 Å². The normalized spacial score (nSPS) is 12.4. The molecule has 0 aliphatic heterocycles. The monoisotopic (exact) mass is 286 g/mol. The molecule has 18 heavy (non-hydrogen) atoms. The van der Waals surface area contributed by atoms with Gasteiger partial charge in [0, 0.05) is 10.6 Å². The lowest BCUT2D eigenvalue weighted by Gasteiger charge is -2.12. The minimum absolute atomic E-state index is 0.0163. The molecule has 2 aromatic rings. The Kier molecular flexibility index (Phi) is 4.20. The molecule has 1 unspecified atom stereocenters. The van der Waals surface area contributed by atoms with Crippen LogP contribution >= 0.6 is 23.2 Å². The summed E-state index contributed by atoms with van der Waals surface area (Å²) in [6, 6.07) is 10.8. The molecule has 0 aliphatic rings. The van der Waals surface area contributed by atoms with Gasteiger partial charge in [0.05, 0.1) is 5.38 Å². The van der Waals surface area contributed by atoms with Gasteiger partial charge in [0.2, 0.25) is 0 Å². The molecule has 0 spiro atoms. The Morgan fingerprint density at radius 2 is 1.56 bits per heavy atom. The number of rotatable bonds is 3. The van der Waals surface area contributed by atoms with E-state index in [0.29, 0.717) is 10.6 Å². The van der Waals surface area contributed by atoms with Crippen LogP contribution in [0.1, 0.15) is 16.5 Å². The zero-order valence-corrected chi connectivity index (χ0v) is 10.8. The predicted octanol–water partition coefficient (Wildman–Crippen LogP) is 5.14. The van der Waals surface area contributed by atoms with Gasteiger partial charge in [0.25, 0.3) is 0 Å². The third-order valence-corrected chi connectivity index (χ3v) is 3.42. The summed E-state index contributed by atoms with van der Waals surface area (Å²) in [6.45, 7) is 0. The van der Waals surface area contributed by atoms with E-state index in [-0.39, 0.29) is 12.0 Å². The Labute approximate surface area is 114 Å². The summed E-state index contributed by atoms with van der Waals surface area (Å²) in [4.78, 5) is 0. The van der Waals surface area contributed by atoms with E-state index in [0.717, 1.165) is 0 Å². The van der Waals surface area contributed by atoms with Gasteiger partial charge in [-0.3, -0.25) is 0 Å². The van der Waals surface area contributed by atoms with Crippen molar-refractivity contribution in [1.29, 1.82) is 0 Å². The highest BCUT2D eigenvalue weighted by atomic mass is 35.5. The van der Waals surface area contributed by atoms with Crippen molar-refractivity contribution in [3.8, 4) is 0 Å². The van der Waals surface area contributed by atoms with Gasteiger partial charge < -0.3 is 0 Å². The first kappa shape index (κ1) is 13.3. The zero-order valence-electron chi connectivity index (χ0n) is 9.34. The first-order chi connectivity index (χ1) is 8.59. The molecule has 0 saturated carbocycles. The second kappa shape index (κ2) is 5.68. The van der Waals surface area contributed by atoms with Crippen molar-refractivity contribution in [2.75, 3.05) is 0 Å². The van der Waals surface area contributed by atoms with Crippen LogP contribution in [-0.2, 0) is 6.42 Å². The maximum Gasteiger partial charge on any atom is 0.129 e. The van der Waals surface area contributed by atoms with Gasteiger partial charge in [-0.1, -0.05) is 35.9 Å².